The molecule has 3 aliphatic rings. The zero-order valence-electron chi connectivity index (χ0n) is 18.8. The van der Waals surface area contributed by atoms with Crippen molar-refractivity contribution in [2.24, 2.45) is 11.3 Å². The summed E-state index contributed by atoms with van der Waals surface area (Å²) in [7, 11) is -3.54. The standard InChI is InChI=1S/C27H25FN2O3S/c1-27-14-17-15-29-30(20-11-9-19(28)10-12-20)24(17)13-18(27)5-4-7-23(27)26(31)22-16-34(32,33)25-8-3-2-6-21(22)25/h2-3,6,8-13,15-16,23,26,31H,4-5,7,14H2,1H3/t23-,26+,27+/m1/s1. The molecule has 0 bridgehead atoms. The lowest BCUT2D eigenvalue weighted by Crippen LogP contribution is -2.43. The monoisotopic (exact) mass is 476 g/mol. The molecule has 0 saturated heterocycles. The number of allylic oxidation sites excluding steroid dienone is 1. The average molecular weight is 477 g/mol. The molecule has 6 rings (SSSR count). The summed E-state index contributed by atoms with van der Waals surface area (Å²) < 4.78 is 40.7. The van der Waals surface area contributed by atoms with E-state index in [4.69, 9.17) is 0 Å². The van der Waals surface area contributed by atoms with E-state index in [1.165, 1.54) is 23.1 Å². The number of halogens is 1. The van der Waals surface area contributed by atoms with Gasteiger partial charge in [-0.05, 0) is 84.6 Å². The Morgan fingerprint density at radius 3 is 2.74 bits per heavy atom. The van der Waals surface area contributed by atoms with Crippen LogP contribution in [0.25, 0.3) is 17.3 Å². The van der Waals surface area contributed by atoms with Gasteiger partial charge in [0.2, 0.25) is 9.84 Å². The summed E-state index contributed by atoms with van der Waals surface area (Å²) in [5.41, 5.74) is 4.89. The van der Waals surface area contributed by atoms with Crippen LogP contribution in [0.15, 0.2) is 70.6 Å². The van der Waals surface area contributed by atoms with Crippen molar-refractivity contribution in [1.29, 1.82) is 0 Å². The molecule has 0 unspecified atom stereocenters. The van der Waals surface area contributed by atoms with Crippen LogP contribution in [0.5, 0.6) is 0 Å². The number of rotatable bonds is 3. The van der Waals surface area contributed by atoms with Gasteiger partial charge in [0.25, 0.3) is 0 Å². The van der Waals surface area contributed by atoms with Gasteiger partial charge in [0.05, 0.1) is 28.6 Å². The second-order valence-electron chi connectivity index (χ2n) is 9.77. The Balaban J connectivity index is 1.39. The van der Waals surface area contributed by atoms with E-state index in [0.717, 1.165) is 36.2 Å². The largest absolute Gasteiger partial charge is 0.388 e. The summed E-state index contributed by atoms with van der Waals surface area (Å²) in [5, 5.41) is 17.4. The van der Waals surface area contributed by atoms with Crippen molar-refractivity contribution >= 4 is 21.5 Å². The number of aliphatic hydroxyl groups is 1. The number of benzene rings is 2. The van der Waals surface area contributed by atoms with E-state index in [0.29, 0.717) is 17.6 Å². The molecule has 3 atom stereocenters. The van der Waals surface area contributed by atoms with Gasteiger partial charge in [0.15, 0.2) is 0 Å². The van der Waals surface area contributed by atoms with Crippen molar-refractivity contribution in [2.75, 3.05) is 0 Å². The summed E-state index contributed by atoms with van der Waals surface area (Å²) in [6.45, 7) is 2.18. The van der Waals surface area contributed by atoms with Crippen LogP contribution in [0.4, 0.5) is 4.39 Å². The first-order valence-corrected chi connectivity index (χ1v) is 13.1. The van der Waals surface area contributed by atoms with Crippen LogP contribution in [0.1, 0.15) is 43.0 Å². The van der Waals surface area contributed by atoms with Gasteiger partial charge in [-0.2, -0.15) is 5.10 Å². The summed E-state index contributed by atoms with van der Waals surface area (Å²) in [6.07, 6.45) is 6.49. The minimum Gasteiger partial charge on any atom is -0.388 e. The summed E-state index contributed by atoms with van der Waals surface area (Å²) in [5.74, 6) is -0.410. The number of hydrogen-bond donors (Lipinski definition) is 1. The van der Waals surface area contributed by atoms with E-state index in [9.17, 15) is 17.9 Å². The van der Waals surface area contributed by atoms with Crippen molar-refractivity contribution < 1.29 is 17.9 Å². The first-order valence-electron chi connectivity index (χ1n) is 11.6. The molecule has 0 radical (unpaired) electrons. The summed E-state index contributed by atoms with van der Waals surface area (Å²) in [4.78, 5) is 0.271. The second kappa shape index (κ2) is 7.48. The van der Waals surface area contributed by atoms with Crippen LogP contribution in [0.3, 0.4) is 0 Å². The van der Waals surface area contributed by atoms with Crippen LogP contribution in [-0.4, -0.2) is 29.4 Å². The normalized spacial score (nSPS) is 25.6. The van der Waals surface area contributed by atoms with Gasteiger partial charge in [-0.15, -0.1) is 0 Å². The molecule has 1 saturated carbocycles. The van der Waals surface area contributed by atoms with Crippen LogP contribution in [-0.2, 0) is 16.3 Å². The Labute approximate surface area is 198 Å². The number of nitrogens with zero attached hydrogens (tertiary/aromatic N) is 2. The molecule has 7 heteroatoms. The SMILES string of the molecule is C[C@]12Cc3cnn(-c4ccc(F)cc4)c3C=C1CCC[C@@H]2[C@@H](O)C1=CS(=O)(=O)c2ccccc21. The maximum Gasteiger partial charge on any atom is 0.200 e. The minimum absolute atomic E-state index is 0.123. The van der Waals surface area contributed by atoms with E-state index < -0.39 is 15.9 Å². The molecule has 2 aromatic carbocycles. The Morgan fingerprint density at radius 2 is 1.94 bits per heavy atom. The Kier molecular flexibility index (Phi) is 4.73. The number of fused-ring (bicyclic) bond motifs is 3. The molecule has 174 valence electrons. The minimum atomic E-state index is -3.54. The highest BCUT2D eigenvalue weighted by Gasteiger charge is 2.48. The van der Waals surface area contributed by atoms with Crippen molar-refractivity contribution in [1.82, 2.24) is 9.78 Å². The first kappa shape index (κ1) is 21.5. The summed E-state index contributed by atoms with van der Waals surface area (Å²) in [6, 6.07) is 13.2. The predicted molar refractivity (Wildman–Crippen MR) is 128 cm³/mol. The van der Waals surface area contributed by atoms with E-state index >= 15 is 0 Å². The fourth-order valence-electron chi connectivity index (χ4n) is 6.07. The van der Waals surface area contributed by atoms with Crippen molar-refractivity contribution in [3.05, 3.63) is 88.3 Å². The molecule has 2 heterocycles. The van der Waals surface area contributed by atoms with E-state index in [2.05, 4.69) is 18.1 Å². The molecule has 1 fully saturated rings. The number of aromatic nitrogens is 2. The Morgan fingerprint density at radius 1 is 1.18 bits per heavy atom. The summed E-state index contributed by atoms with van der Waals surface area (Å²) >= 11 is 0. The first-order chi connectivity index (χ1) is 16.3. The fourth-order valence-corrected chi connectivity index (χ4v) is 7.55. The smallest absolute Gasteiger partial charge is 0.200 e. The molecule has 3 aromatic rings. The lowest BCUT2D eigenvalue weighted by Gasteiger charge is -2.48. The van der Waals surface area contributed by atoms with Crippen LogP contribution < -0.4 is 0 Å². The molecule has 0 spiro atoms. The highest BCUT2D eigenvalue weighted by Crippen LogP contribution is 2.54. The van der Waals surface area contributed by atoms with Crippen LogP contribution in [0.2, 0.25) is 0 Å². The lowest BCUT2D eigenvalue weighted by molar-refractivity contribution is 0.0591. The number of hydrogen-bond acceptors (Lipinski definition) is 4. The van der Waals surface area contributed by atoms with E-state index in [-0.39, 0.29) is 22.0 Å². The van der Waals surface area contributed by atoms with Gasteiger partial charge in [0, 0.05) is 11.0 Å². The molecule has 5 nitrogen and oxygen atoms in total. The Hall–Kier alpha value is -3.03. The molecule has 1 aromatic heterocycles. The quantitative estimate of drug-likeness (QED) is 0.581. The van der Waals surface area contributed by atoms with Gasteiger partial charge < -0.3 is 5.11 Å². The van der Waals surface area contributed by atoms with Crippen LogP contribution in [0, 0.1) is 17.2 Å². The fraction of sp³-hybridized carbons (Fsp3) is 0.296. The van der Waals surface area contributed by atoms with Crippen molar-refractivity contribution in [2.45, 2.75) is 43.6 Å². The third-order valence-electron chi connectivity index (χ3n) is 7.83. The van der Waals surface area contributed by atoms with Crippen molar-refractivity contribution in [3.8, 4) is 5.69 Å². The maximum absolute atomic E-state index is 13.4. The third kappa shape index (κ3) is 3.14. The zero-order valence-corrected chi connectivity index (χ0v) is 19.6. The molecular formula is C27H25FN2O3S. The molecule has 34 heavy (non-hydrogen) atoms. The van der Waals surface area contributed by atoms with Gasteiger partial charge in [0.1, 0.15) is 5.82 Å². The molecular weight excluding hydrogens is 451 g/mol. The lowest BCUT2D eigenvalue weighted by atomic mass is 9.57. The van der Waals surface area contributed by atoms with Gasteiger partial charge in [-0.25, -0.2) is 17.5 Å². The topological polar surface area (TPSA) is 72.2 Å². The third-order valence-corrected chi connectivity index (χ3v) is 9.36. The van der Waals surface area contributed by atoms with E-state index in [1.807, 2.05) is 16.9 Å². The number of sulfone groups is 1. The average Bonchev–Trinajstić information content (AvgIpc) is 3.34. The molecule has 1 aliphatic heterocycles. The highest BCUT2D eigenvalue weighted by molar-refractivity contribution is 7.95. The molecule has 1 N–H and O–H groups in total. The van der Waals surface area contributed by atoms with Gasteiger partial charge >= 0.3 is 0 Å². The molecule has 2 aliphatic carbocycles. The zero-order chi connectivity index (χ0) is 23.7. The predicted octanol–water partition coefficient (Wildman–Crippen LogP) is 4.95. The maximum atomic E-state index is 13.4. The van der Waals surface area contributed by atoms with Crippen molar-refractivity contribution in [3.63, 3.8) is 0 Å². The van der Waals surface area contributed by atoms with Crippen LogP contribution >= 0.6 is 0 Å². The van der Waals surface area contributed by atoms with E-state index in [1.54, 1.807) is 30.3 Å². The molecule has 0 amide bonds. The number of aliphatic hydroxyl groups excluding tert-OH is 1. The second-order valence-corrected chi connectivity index (χ2v) is 11.5. The van der Waals surface area contributed by atoms with Gasteiger partial charge in [-0.3, -0.25) is 0 Å². The van der Waals surface area contributed by atoms with Gasteiger partial charge in [-0.1, -0.05) is 30.7 Å². The highest BCUT2D eigenvalue weighted by atomic mass is 32.2. The Bertz CT molecular complexity index is 1470.